The first-order chi connectivity index (χ1) is 37.8. The van der Waals surface area contributed by atoms with Gasteiger partial charge in [-0.3, -0.25) is 0 Å². The van der Waals surface area contributed by atoms with Crippen LogP contribution in [0.15, 0.2) is 186 Å². The van der Waals surface area contributed by atoms with Crippen molar-refractivity contribution in [1.82, 2.24) is 0 Å². The molecule has 10 rings (SSSR count). The zero-order chi connectivity index (χ0) is 59.8. The van der Waals surface area contributed by atoms with Crippen molar-refractivity contribution in [2.75, 3.05) is 0 Å². The molecule has 0 saturated heterocycles. The van der Waals surface area contributed by atoms with Crippen molar-refractivity contribution in [3.63, 3.8) is 0 Å². The van der Waals surface area contributed by atoms with Gasteiger partial charge in [-0.1, -0.05) is 157 Å². The van der Waals surface area contributed by atoms with Crippen LogP contribution < -0.4 is 0 Å². The lowest BCUT2D eigenvalue weighted by atomic mass is 9.86. The van der Waals surface area contributed by atoms with Crippen LogP contribution in [-0.4, -0.2) is 0 Å². The second kappa shape index (κ2) is 12.2. The van der Waals surface area contributed by atoms with Gasteiger partial charge in [-0.2, -0.15) is 0 Å². The molecular weight excluding hydrogens is 617 g/mol. The van der Waals surface area contributed by atoms with E-state index in [9.17, 15) is 15.1 Å². The van der Waals surface area contributed by atoms with Crippen LogP contribution in [0.3, 0.4) is 0 Å². The van der Waals surface area contributed by atoms with Crippen molar-refractivity contribution in [3.05, 3.63) is 204 Å². The summed E-state index contributed by atoms with van der Waals surface area (Å²) in [5, 5.41) is -3.97. The van der Waals surface area contributed by atoms with E-state index < -0.39 is 287 Å². The topological polar surface area (TPSA) is 13.1 Å². The van der Waals surface area contributed by atoms with Gasteiger partial charge in [-0.25, -0.2) is 0 Å². The molecule has 0 saturated carbocycles. The highest BCUT2D eigenvalue weighted by molar-refractivity contribution is 6.08. The number of hydrogen-bond acceptors (Lipinski definition) is 1. The standard InChI is InChI=1S/C50H34O/c1-2-11-35(12-3-1)38-26-28-50-48(32-38)47-31-34(23-27-49(47)51-50)30-46-43-18-8-6-16-41(43)45(42-17-7-9-19-44(42)46)29-33-21-24-37(25-22-33)40-20-10-14-36-13-4-5-15-39(36)40/h1-28,31-32H,29-30H2/i1D,2D,3D,4D,5D,6D,7D,8D,9D,10D,11D,12D,13D,14D,15D,16D,17D,18D,19D,20D,21D,22D,23D,24D,25D,26D,27D,28D,31D,32D. The van der Waals surface area contributed by atoms with Crippen LogP contribution in [0.25, 0.3) is 76.5 Å². The van der Waals surface area contributed by atoms with E-state index in [4.69, 9.17) is 30.5 Å². The zero-order valence-electron chi connectivity index (χ0n) is 55.8. The van der Waals surface area contributed by atoms with Crippen LogP contribution >= 0.6 is 0 Å². The lowest BCUT2D eigenvalue weighted by molar-refractivity contribution is 0.669. The third-order valence-corrected chi connectivity index (χ3v) is 8.34. The fraction of sp³-hybridized carbons (Fsp3) is 0.0400. The number of furan rings is 1. The van der Waals surface area contributed by atoms with Crippen molar-refractivity contribution in [2.45, 2.75) is 12.8 Å². The second-order valence-electron chi connectivity index (χ2n) is 11.3. The average Bonchev–Trinajstić information content (AvgIpc) is 4.02. The Balaban J connectivity index is 1.29. The van der Waals surface area contributed by atoms with Gasteiger partial charge in [-0.15, -0.1) is 0 Å². The van der Waals surface area contributed by atoms with Gasteiger partial charge in [0, 0.05) is 10.8 Å². The van der Waals surface area contributed by atoms with Crippen LogP contribution in [0.2, 0.25) is 0 Å². The van der Waals surface area contributed by atoms with Crippen LogP contribution in [0.1, 0.15) is 63.4 Å². The summed E-state index contributed by atoms with van der Waals surface area (Å²) in [7, 11) is 0. The molecule has 9 aromatic carbocycles. The van der Waals surface area contributed by atoms with Gasteiger partial charge in [0.1, 0.15) is 11.2 Å². The van der Waals surface area contributed by atoms with Crippen molar-refractivity contribution < 1.29 is 45.5 Å². The largest absolute Gasteiger partial charge is 0.456 e. The fourth-order valence-electron chi connectivity index (χ4n) is 6.06. The first-order valence-corrected chi connectivity index (χ1v) is 15.3. The van der Waals surface area contributed by atoms with Gasteiger partial charge in [0.15, 0.2) is 0 Å². The Kier molecular flexibility index (Phi) is 2.89. The monoisotopic (exact) mass is 680 g/mol. The first-order valence-electron chi connectivity index (χ1n) is 30.3. The molecular formula is C50H34O. The normalized spacial score (nSPS) is 19.9. The van der Waals surface area contributed by atoms with Gasteiger partial charge < -0.3 is 4.42 Å². The van der Waals surface area contributed by atoms with E-state index in [-0.39, 0.29) is 5.56 Å². The van der Waals surface area contributed by atoms with Gasteiger partial charge >= 0.3 is 0 Å². The Bertz CT molecular complexity index is 4490. The van der Waals surface area contributed by atoms with Crippen molar-refractivity contribution >= 4 is 54.3 Å². The molecule has 0 aliphatic rings. The van der Waals surface area contributed by atoms with Gasteiger partial charge in [0.2, 0.25) is 0 Å². The summed E-state index contributed by atoms with van der Waals surface area (Å²) < 4.78 is 273. The lowest BCUT2D eigenvalue weighted by Gasteiger charge is -2.18. The molecule has 240 valence electrons. The molecule has 0 fully saturated rings. The second-order valence-corrected chi connectivity index (χ2v) is 11.3. The summed E-state index contributed by atoms with van der Waals surface area (Å²) in [6.07, 6.45) is -1.77. The highest BCUT2D eigenvalue weighted by atomic mass is 16.3. The third kappa shape index (κ3) is 5.18. The first kappa shape index (κ1) is 12.1. The minimum Gasteiger partial charge on any atom is -0.456 e. The molecule has 0 aliphatic heterocycles. The molecule has 1 heteroatoms. The Morgan fingerprint density at radius 3 is 1.55 bits per heavy atom. The smallest absolute Gasteiger partial charge is 0.135 e. The van der Waals surface area contributed by atoms with E-state index in [1.165, 1.54) is 0 Å². The van der Waals surface area contributed by atoms with Crippen LogP contribution in [0, 0.1) is 0 Å². The molecule has 0 bridgehead atoms. The molecule has 0 radical (unpaired) electrons. The maximum Gasteiger partial charge on any atom is 0.135 e. The minimum absolute atomic E-state index is 0.379. The van der Waals surface area contributed by atoms with E-state index in [0.717, 1.165) is 0 Å². The van der Waals surface area contributed by atoms with Gasteiger partial charge in [0.05, 0.1) is 41.1 Å². The molecule has 0 atom stereocenters. The molecule has 1 nitrogen and oxygen atoms in total. The van der Waals surface area contributed by atoms with Crippen LogP contribution in [0.4, 0.5) is 0 Å². The number of rotatable bonds is 6. The molecule has 0 aliphatic carbocycles. The van der Waals surface area contributed by atoms with Crippen LogP contribution in [-0.2, 0) is 12.8 Å². The summed E-state index contributed by atoms with van der Waals surface area (Å²) in [5.74, 6) is 0. The summed E-state index contributed by atoms with van der Waals surface area (Å²) in [5.41, 5.74) is -5.57. The molecule has 51 heavy (non-hydrogen) atoms. The maximum atomic E-state index is 9.68. The predicted molar refractivity (Wildman–Crippen MR) is 216 cm³/mol. The summed E-state index contributed by atoms with van der Waals surface area (Å²) in [4.78, 5) is 0. The molecule has 0 amide bonds. The van der Waals surface area contributed by atoms with Gasteiger partial charge in [0.25, 0.3) is 0 Å². The Labute approximate surface area is 339 Å². The SMILES string of the molecule is [2H]c1c([2H])c([2H])c(-c2c([2H])c([2H])c3oc4c([2H])c([2H])c(Cc5c6c([2H])c([2H])c([2H])c([2H])c6c(Cc6c([2H])c([2H])c(-c7c([2H])c([2H])c([2H])c8c([2H])c([2H])c([2H])c([2H])c78)c([2H])c6[2H])c6c([2H])c([2H])c([2H])c([2H])c56)c([2H])c4c3c2[2H])c([2H])c1[2H]. The number of fused-ring (bicyclic) bond motifs is 6. The molecule has 1 aromatic heterocycles. The van der Waals surface area contributed by atoms with E-state index >= 15 is 0 Å². The maximum absolute atomic E-state index is 9.68. The van der Waals surface area contributed by atoms with E-state index in [1.807, 2.05) is 0 Å². The quantitative estimate of drug-likeness (QED) is 0.159. The highest BCUT2D eigenvalue weighted by Gasteiger charge is 2.16. The summed E-state index contributed by atoms with van der Waals surface area (Å²) >= 11 is 0. The molecule has 0 N–H and O–H groups in total. The average molecular weight is 681 g/mol. The Morgan fingerprint density at radius 1 is 0.353 bits per heavy atom. The van der Waals surface area contributed by atoms with E-state index in [2.05, 4.69) is 0 Å². The fourth-order valence-corrected chi connectivity index (χ4v) is 6.06. The van der Waals surface area contributed by atoms with Crippen molar-refractivity contribution in [2.24, 2.45) is 0 Å². The predicted octanol–water partition coefficient (Wildman–Crippen LogP) is 13.6. The number of hydrogen-bond donors (Lipinski definition) is 0. The zero-order valence-corrected chi connectivity index (χ0v) is 25.8. The Morgan fingerprint density at radius 2 is 0.863 bits per heavy atom. The molecule has 0 spiro atoms. The van der Waals surface area contributed by atoms with Crippen LogP contribution in [0.5, 0.6) is 0 Å². The highest BCUT2D eigenvalue weighted by Crippen LogP contribution is 2.38. The van der Waals surface area contributed by atoms with E-state index in [1.54, 1.807) is 0 Å². The summed E-state index contributed by atoms with van der Waals surface area (Å²) in [6.45, 7) is 0. The molecule has 0 unspecified atom stereocenters. The minimum atomic E-state index is -0.938. The molecule has 10 aromatic rings. The van der Waals surface area contributed by atoms with Gasteiger partial charge in [-0.05, 0) is 114 Å². The number of benzene rings is 9. The van der Waals surface area contributed by atoms with E-state index in [0.29, 0.717) is 0 Å². The Hall–Kier alpha value is -6.44. The third-order valence-electron chi connectivity index (χ3n) is 8.34. The molecule has 1 heterocycles. The van der Waals surface area contributed by atoms with Crippen molar-refractivity contribution in [1.29, 1.82) is 0 Å². The lowest BCUT2D eigenvalue weighted by Crippen LogP contribution is -1.98. The van der Waals surface area contributed by atoms with Crippen molar-refractivity contribution in [3.8, 4) is 22.3 Å². The summed E-state index contributed by atoms with van der Waals surface area (Å²) in [6, 6.07) is -25.2.